The fraction of sp³-hybridized carbons (Fsp3) is 0.591. The van der Waals surface area contributed by atoms with E-state index in [1.165, 1.54) is 19.3 Å². The predicted octanol–water partition coefficient (Wildman–Crippen LogP) is 3.04. The lowest BCUT2D eigenvalue weighted by Gasteiger charge is -2.28. The number of anilines is 1. The maximum atomic E-state index is 13.3. The zero-order chi connectivity index (χ0) is 19.5. The SMILES string of the molecule is CCN(CC1CC1)C(=O)CCn1c(=O)c(N2CCCCC2)nc2ccccc21. The number of carbonyl (C=O) groups is 1. The third-order valence-electron chi connectivity index (χ3n) is 5.95. The molecule has 2 aliphatic rings. The van der Waals surface area contributed by atoms with Crippen LogP contribution < -0.4 is 10.5 Å². The van der Waals surface area contributed by atoms with Gasteiger partial charge in [-0.15, -0.1) is 0 Å². The van der Waals surface area contributed by atoms with E-state index in [0.717, 1.165) is 50.1 Å². The number of carbonyl (C=O) groups excluding carboxylic acids is 1. The molecule has 0 N–H and O–H groups in total. The van der Waals surface area contributed by atoms with E-state index in [1.807, 2.05) is 36.1 Å². The molecule has 6 nitrogen and oxygen atoms in total. The lowest BCUT2D eigenvalue weighted by Crippen LogP contribution is -2.38. The van der Waals surface area contributed by atoms with Gasteiger partial charge in [0.1, 0.15) is 0 Å². The number of aromatic nitrogens is 2. The van der Waals surface area contributed by atoms with Crippen LogP contribution in [0.5, 0.6) is 0 Å². The molecule has 1 amide bonds. The van der Waals surface area contributed by atoms with E-state index in [0.29, 0.717) is 24.7 Å². The summed E-state index contributed by atoms with van der Waals surface area (Å²) in [6.07, 6.45) is 6.22. The van der Waals surface area contributed by atoms with Crippen LogP contribution >= 0.6 is 0 Å². The van der Waals surface area contributed by atoms with Crippen LogP contribution in [0.1, 0.15) is 45.4 Å². The third kappa shape index (κ3) is 4.05. The highest BCUT2D eigenvalue weighted by Crippen LogP contribution is 2.29. The standard InChI is InChI=1S/C22H30N4O2/c1-2-24(16-17-10-11-17)20(27)12-15-26-19-9-5-4-8-18(19)23-21(22(26)28)25-13-6-3-7-14-25/h4-5,8-9,17H,2-3,6-7,10-16H2,1H3. The Kier molecular flexibility index (Phi) is 5.64. The largest absolute Gasteiger partial charge is 0.352 e. The van der Waals surface area contributed by atoms with Crippen LogP contribution in [0.4, 0.5) is 5.82 Å². The molecule has 4 rings (SSSR count). The van der Waals surface area contributed by atoms with Crippen LogP contribution in [0.3, 0.4) is 0 Å². The average molecular weight is 383 g/mol. The van der Waals surface area contributed by atoms with E-state index in [1.54, 1.807) is 4.57 Å². The predicted molar refractivity (Wildman–Crippen MR) is 112 cm³/mol. The Hall–Kier alpha value is -2.37. The molecule has 1 aliphatic heterocycles. The minimum Gasteiger partial charge on any atom is -0.352 e. The molecular formula is C22H30N4O2. The van der Waals surface area contributed by atoms with E-state index in [-0.39, 0.29) is 11.5 Å². The van der Waals surface area contributed by atoms with Crippen molar-refractivity contribution in [3.63, 3.8) is 0 Å². The van der Waals surface area contributed by atoms with Crippen molar-refractivity contribution in [2.24, 2.45) is 5.92 Å². The van der Waals surface area contributed by atoms with E-state index in [4.69, 9.17) is 0 Å². The summed E-state index contributed by atoms with van der Waals surface area (Å²) in [6.45, 7) is 5.79. The second-order valence-corrected chi connectivity index (χ2v) is 8.05. The number of para-hydroxylation sites is 2. The number of piperidine rings is 1. The Morgan fingerprint density at radius 1 is 1.18 bits per heavy atom. The van der Waals surface area contributed by atoms with Gasteiger partial charge in [-0.25, -0.2) is 4.98 Å². The molecule has 6 heteroatoms. The summed E-state index contributed by atoms with van der Waals surface area (Å²) in [5.74, 6) is 1.36. The van der Waals surface area contributed by atoms with Crippen molar-refractivity contribution in [1.29, 1.82) is 0 Å². The van der Waals surface area contributed by atoms with E-state index in [2.05, 4.69) is 9.88 Å². The van der Waals surface area contributed by atoms with Crippen molar-refractivity contribution in [2.75, 3.05) is 31.1 Å². The number of nitrogens with zero attached hydrogens (tertiary/aromatic N) is 4. The molecule has 1 aromatic carbocycles. The number of hydrogen-bond donors (Lipinski definition) is 0. The van der Waals surface area contributed by atoms with Gasteiger partial charge in [-0.05, 0) is 57.1 Å². The topological polar surface area (TPSA) is 58.4 Å². The van der Waals surface area contributed by atoms with Gasteiger partial charge in [0.15, 0.2) is 5.82 Å². The van der Waals surface area contributed by atoms with E-state index < -0.39 is 0 Å². The van der Waals surface area contributed by atoms with Crippen molar-refractivity contribution in [3.8, 4) is 0 Å². The second-order valence-electron chi connectivity index (χ2n) is 8.05. The molecule has 0 atom stereocenters. The first-order valence-electron chi connectivity index (χ1n) is 10.7. The Labute approximate surface area is 166 Å². The minimum absolute atomic E-state index is 0.0707. The Bertz CT molecular complexity index is 897. The van der Waals surface area contributed by atoms with Gasteiger partial charge in [0.05, 0.1) is 11.0 Å². The van der Waals surface area contributed by atoms with Crippen LogP contribution in [0.2, 0.25) is 0 Å². The number of benzene rings is 1. The molecule has 2 fully saturated rings. The monoisotopic (exact) mass is 382 g/mol. The molecule has 2 heterocycles. The molecule has 150 valence electrons. The van der Waals surface area contributed by atoms with Crippen molar-refractivity contribution in [2.45, 2.75) is 52.0 Å². The molecule has 0 radical (unpaired) electrons. The van der Waals surface area contributed by atoms with Crippen molar-refractivity contribution >= 4 is 22.8 Å². The first-order valence-corrected chi connectivity index (χ1v) is 10.7. The number of rotatable bonds is 7. The van der Waals surface area contributed by atoms with Gasteiger partial charge in [0, 0.05) is 39.1 Å². The zero-order valence-corrected chi connectivity index (χ0v) is 16.8. The quantitative estimate of drug-likeness (QED) is 0.739. The average Bonchev–Trinajstić information content (AvgIpc) is 3.55. The summed E-state index contributed by atoms with van der Waals surface area (Å²) < 4.78 is 1.76. The summed E-state index contributed by atoms with van der Waals surface area (Å²) in [5, 5.41) is 0. The minimum atomic E-state index is -0.0707. The van der Waals surface area contributed by atoms with Crippen molar-refractivity contribution in [3.05, 3.63) is 34.6 Å². The molecule has 1 aromatic heterocycles. The van der Waals surface area contributed by atoms with Crippen LogP contribution in [0.25, 0.3) is 11.0 Å². The van der Waals surface area contributed by atoms with E-state index >= 15 is 0 Å². The molecule has 2 aromatic rings. The summed E-state index contributed by atoms with van der Waals surface area (Å²) in [4.78, 5) is 34.7. The van der Waals surface area contributed by atoms with Crippen molar-refractivity contribution in [1.82, 2.24) is 14.5 Å². The van der Waals surface area contributed by atoms with Gasteiger partial charge < -0.3 is 14.4 Å². The van der Waals surface area contributed by atoms with Gasteiger partial charge in [0.2, 0.25) is 5.91 Å². The Morgan fingerprint density at radius 2 is 1.93 bits per heavy atom. The first kappa shape index (κ1) is 19.0. The number of hydrogen-bond acceptors (Lipinski definition) is 4. The molecule has 1 aliphatic carbocycles. The Balaban J connectivity index is 1.60. The lowest BCUT2D eigenvalue weighted by atomic mass is 10.1. The number of aryl methyl sites for hydroxylation is 1. The van der Waals surface area contributed by atoms with Crippen molar-refractivity contribution < 1.29 is 4.79 Å². The van der Waals surface area contributed by atoms with Crippen LogP contribution in [-0.2, 0) is 11.3 Å². The van der Waals surface area contributed by atoms with Crippen LogP contribution in [0.15, 0.2) is 29.1 Å². The molecule has 1 saturated heterocycles. The molecular weight excluding hydrogens is 352 g/mol. The number of amides is 1. The maximum Gasteiger partial charge on any atom is 0.294 e. The van der Waals surface area contributed by atoms with E-state index in [9.17, 15) is 9.59 Å². The molecule has 0 bridgehead atoms. The zero-order valence-electron chi connectivity index (χ0n) is 16.8. The molecule has 0 spiro atoms. The normalized spacial score (nSPS) is 17.1. The van der Waals surface area contributed by atoms with Gasteiger partial charge in [0.25, 0.3) is 5.56 Å². The lowest BCUT2D eigenvalue weighted by molar-refractivity contribution is -0.131. The smallest absolute Gasteiger partial charge is 0.294 e. The summed E-state index contributed by atoms with van der Waals surface area (Å²) in [5.41, 5.74) is 1.56. The van der Waals surface area contributed by atoms with Gasteiger partial charge in [-0.2, -0.15) is 0 Å². The number of fused-ring (bicyclic) bond motifs is 1. The van der Waals surface area contributed by atoms with Gasteiger partial charge in [-0.1, -0.05) is 12.1 Å². The molecule has 0 unspecified atom stereocenters. The summed E-state index contributed by atoms with van der Waals surface area (Å²) in [6, 6.07) is 7.75. The van der Waals surface area contributed by atoms with Gasteiger partial charge in [-0.3, -0.25) is 9.59 Å². The van der Waals surface area contributed by atoms with Crippen LogP contribution in [0, 0.1) is 5.92 Å². The van der Waals surface area contributed by atoms with Gasteiger partial charge >= 0.3 is 0 Å². The first-order chi connectivity index (χ1) is 13.7. The highest BCUT2D eigenvalue weighted by molar-refractivity contribution is 5.78. The summed E-state index contributed by atoms with van der Waals surface area (Å²) >= 11 is 0. The Morgan fingerprint density at radius 3 is 2.64 bits per heavy atom. The highest BCUT2D eigenvalue weighted by Gasteiger charge is 2.26. The fourth-order valence-electron chi connectivity index (χ4n) is 4.10. The second kappa shape index (κ2) is 8.33. The maximum absolute atomic E-state index is 13.3. The molecule has 28 heavy (non-hydrogen) atoms. The fourth-order valence-corrected chi connectivity index (χ4v) is 4.10. The highest BCUT2D eigenvalue weighted by atomic mass is 16.2. The molecule has 1 saturated carbocycles. The summed E-state index contributed by atoms with van der Waals surface area (Å²) in [7, 11) is 0. The third-order valence-corrected chi connectivity index (χ3v) is 5.95. The van der Waals surface area contributed by atoms with Crippen LogP contribution in [-0.4, -0.2) is 46.5 Å².